The fourth-order valence-corrected chi connectivity index (χ4v) is 3.11. The summed E-state index contributed by atoms with van der Waals surface area (Å²) in [6.07, 6.45) is 15.4. The highest BCUT2D eigenvalue weighted by Gasteiger charge is 2.28. The molecule has 0 saturated heterocycles. The van der Waals surface area contributed by atoms with Gasteiger partial charge in [-0.3, -0.25) is 0 Å². The largest absolute Gasteiger partial charge is 0.0882 e. The predicted octanol–water partition coefficient (Wildman–Crippen LogP) is 6.78. The molecule has 1 rings (SSSR count). The van der Waals surface area contributed by atoms with Gasteiger partial charge in [-0.15, -0.1) is 0 Å². The van der Waals surface area contributed by atoms with Crippen molar-refractivity contribution in [2.24, 2.45) is 23.2 Å². The maximum Gasteiger partial charge on any atom is -0.0000157 e. The summed E-state index contributed by atoms with van der Waals surface area (Å²) in [6.45, 7) is 14.1. The van der Waals surface area contributed by atoms with Crippen molar-refractivity contribution in [3.63, 3.8) is 0 Å². The molecule has 0 aromatic carbocycles. The maximum atomic E-state index is 2.46. The van der Waals surface area contributed by atoms with Crippen LogP contribution in [0.2, 0.25) is 0 Å². The molecule has 0 spiro atoms. The first-order valence-electron chi connectivity index (χ1n) is 8.71. The Hall–Kier alpha value is -0.520. The van der Waals surface area contributed by atoms with Crippen molar-refractivity contribution in [2.45, 2.75) is 80.1 Å². The van der Waals surface area contributed by atoms with Crippen molar-refractivity contribution in [3.05, 3.63) is 23.8 Å². The zero-order valence-electron chi connectivity index (χ0n) is 14.7. The summed E-state index contributed by atoms with van der Waals surface area (Å²) in [4.78, 5) is 0. The van der Waals surface area contributed by atoms with E-state index in [0.29, 0.717) is 17.3 Å². The van der Waals surface area contributed by atoms with Gasteiger partial charge in [-0.2, -0.15) is 0 Å². The van der Waals surface area contributed by atoms with Gasteiger partial charge in [0.15, 0.2) is 0 Å². The van der Waals surface area contributed by atoms with Crippen LogP contribution in [0.1, 0.15) is 80.1 Å². The van der Waals surface area contributed by atoms with Gasteiger partial charge in [0.25, 0.3) is 0 Å². The molecule has 1 aliphatic carbocycles. The third kappa shape index (κ3) is 6.29. The second kappa shape index (κ2) is 8.05. The van der Waals surface area contributed by atoms with Gasteiger partial charge in [-0.05, 0) is 55.8 Å². The van der Waals surface area contributed by atoms with Crippen molar-refractivity contribution < 1.29 is 0 Å². The van der Waals surface area contributed by atoms with E-state index in [1.807, 2.05) is 0 Å². The van der Waals surface area contributed by atoms with E-state index < -0.39 is 0 Å². The molecule has 0 nitrogen and oxygen atoms in total. The van der Waals surface area contributed by atoms with Gasteiger partial charge < -0.3 is 0 Å². The van der Waals surface area contributed by atoms with Gasteiger partial charge in [-0.1, -0.05) is 71.3 Å². The third-order valence-electron chi connectivity index (χ3n) is 4.71. The molecule has 1 fully saturated rings. The highest BCUT2D eigenvalue weighted by atomic mass is 14.3. The Labute approximate surface area is 127 Å². The lowest BCUT2D eigenvalue weighted by Crippen LogP contribution is -2.18. The molecule has 1 unspecified atom stereocenters. The molecule has 0 bridgehead atoms. The second-order valence-electron chi connectivity index (χ2n) is 7.79. The highest BCUT2D eigenvalue weighted by molar-refractivity contribution is 5.15. The molecule has 116 valence electrons. The number of rotatable bonds is 9. The highest BCUT2D eigenvalue weighted by Crippen LogP contribution is 2.41. The average molecular weight is 277 g/mol. The molecule has 20 heavy (non-hydrogen) atoms. The Morgan fingerprint density at radius 3 is 2.35 bits per heavy atom. The molecule has 0 amide bonds. The first-order valence-corrected chi connectivity index (χ1v) is 8.71. The van der Waals surface area contributed by atoms with Crippen LogP contribution in [-0.2, 0) is 0 Å². The van der Waals surface area contributed by atoms with E-state index >= 15 is 0 Å². The Balaban J connectivity index is 2.64. The minimum absolute atomic E-state index is 0.456. The normalized spacial score (nSPS) is 19.1. The fraction of sp³-hybridized carbons (Fsp3) is 0.800. The predicted molar refractivity (Wildman–Crippen MR) is 91.9 cm³/mol. The van der Waals surface area contributed by atoms with Gasteiger partial charge >= 0.3 is 0 Å². The third-order valence-corrected chi connectivity index (χ3v) is 4.71. The molecular weight excluding hydrogens is 240 g/mol. The first-order chi connectivity index (χ1) is 9.39. The summed E-state index contributed by atoms with van der Waals surface area (Å²) in [7, 11) is 0. The van der Waals surface area contributed by atoms with Gasteiger partial charge in [0.05, 0.1) is 0 Å². The molecule has 0 aromatic rings. The van der Waals surface area contributed by atoms with E-state index in [1.54, 1.807) is 5.57 Å². The standard InChI is InChI=1S/C20H36/c1-7-9-10-19(16(3)4)18(8-2)15-20(5,6)14-13-17-11-12-17/h8-10,16-17,19H,7,11-15H2,1-6H3. The zero-order chi connectivity index (χ0) is 15.2. The van der Waals surface area contributed by atoms with Gasteiger partial charge in [0.2, 0.25) is 0 Å². The minimum Gasteiger partial charge on any atom is -0.0882 e. The molecule has 0 heterocycles. The second-order valence-corrected chi connectivity index (χ2v) is 7.79. The lowest BCUT2D eigenvalue weighted by molar-refractivity contribution is 0.300. The molecular formula is C20H36. The summed E-state index contributed by atoms with van der Waals surface area (Å²) < 4.78 is 0. The molecule has 0 aliphatic heterocycles. The number of hydrogen-bond donors (Lipinski definition) is 0. The van der Waals surface area contributed by atoms with E-state index in [2.05, 4.69) is 59.8 Å². The quantitative estimate of drug-likeness (QED) is 0.407. The summed E-state index contributed by atoms with van der Waals surface area (Å²) in [6, 6.07) is 0. The van der Waals surface area contributed by atoms with E-state index in [1.165, 1.54) is 32.1 Å². The van der Waals surface area contributed by atoms with E-state index in [-0.39, 0.29) is 0 Å². The number of hydrogen-bond acceptors (Lipinski definition) is 0. The minimum atomic E-state index is 0.456. The summed E-state index contributed by atoms with van der Waals surface area (Å²) in [5, 5.41) is 0. The summed E-state index contributed by atoms with van der Waals surface area (Å²) in [5.41, 5.74) is 2.10. The molecule has 1 saturated carbocycles. The van der Waals surface area contributed by atoms with Crippen molar-refractivity contribution in [2.75, 3.05) is 0 Å². The first kappa shape index (κ1) is 17.5. The van der Waals surface area contributed by atoms with E-state index in [0.717, 1.165) is 12.3 Å². The van der Waals surface area contributed by atoms with Crippen LogP contribution in [0.4, 0.5) is 0 Å². The van der Waals surface area contributed by atoms with Crippen LogP contribution >= 0.6 is 0 Å². The van der Waals surface area contributed by atoms with Crippen LogP contribution < -0.4 is 0 Å². The molecule has 1 aliphatic rings. The summed E-state index contributed by atoms with van der Waals surface area (Å²) in [5.74, 6) is 2.38. The Morgan fingerprint density at radius 1 is 1.25 bits per heavy atom. The molecule has 0 heteroatoms. The van der Waals surface area contributed by atoms with Crippen LogP contribution in [0.15, 0.2) is 23.8 Å². The Morgan fingerprint density at radius 2 is 1.90 bits per heavy atom. The van der Waals surface area contributed by atoms with Crippen molar-refractivity contribution in [1.82, 2.24) is 0 Å². The SMILES string of the molecule is CC=C(CC(C)(C)CCC1CC1)C(C=CCC)C(C)C. The molecule has 0 radical (unpaired) electrons. The summed E-state index contributed by atoms with van der Waals surface area (Å²) >= 11 is 0. The molecule has 0 N–H and O–H groups in total. The molecule has 1 atom stereocenters. The van der Waals surface area contributed by atoms with Gasteiger partial charge in [0, 0.05) is 0 Å². The van der Waals surface area contributed by atoms with Crippen molar-refractivity contribution in [1.29, 1.82) is 0 Å². The van der Waals surface area contributed by atoms with Gasteiger partial charge in [0.1, 0.15) is 0 Å². The van der Waals surface area contributed by atoms with Crippen LogP contribution in [-0.4, -0.2) is 0 Å². The lowest BCUT2D eigenvalue weighted by Gasteiger charge is -2.30. The fourth-order valence-electron chi connectivity index (χ4n) is 3.11. The number of allylic oxidation sites excluding steroid dienone is 4. The van der Waals surface area contributed by atoms with Crippen molar-refractivity contribution in [3.8, 4) is 0 Å². The topological polar surface area (TPSA) is 0 Å². The van der Waals surface area contributed by atoms with Crippen LogP contribution in [0.3, 0.4) is 0 Å². The van der Waals surface area contributed by atoms with Crippen LogP contribution in [0.5, 0.6) is 0 Å². The average Bonchev–Trinajstić information content (AvgIpc) is 3.19. The van der Waals surface area contributed by atoms with E-state index in [4.69, 9.17) is 0 Å². The smallest absolute Gasteiger partial charge is 0.0000157 e. The van der Waals surface area contributed by atoms with Crippen LogP contribution in [0, 0.1) is 23.2 Å². The van der Waals surface area contributed by atoms with Gasteiger partial charge in [-0.25, -0.2) is 0 Å². The lowest BCUT2D eigenvalue weighted by atomic mass is 9.75. The Kier molecular flexibility index (Phi) is 7.06. The van der Waals surface area contributed by atoms with Crippen molar-refractivity contribution >= 4 is 0 Å². The molecule has 0 aromatic heterocycles. The van der Waals surface area contributed by atoms with Crippen LogP contribution in [0.25, 0.3) is 0 Å². The van der Waals surface area contributed by atoms with E-state index in [9.17, 15) is 0 Å². The monoisotopic (exact) mass is 276 g/mol. The Bertz CT molecular complexity index is 326. The zero-order valence-corrected chi connectivity index (χ0v) is 14.7. The maximum absolute atomic E-state index is 2.46.